The van der Waals surface area contributed by atoms with Crippen molar-refractivity contribution in [3.8, 4) is 0 Å². The lowest BCUT2D eigenvalue weighted by Gasteiger charge is -2.49. The number of nitrogens with zero attached hydrogens (tertiary/aromatic N) is 1. The van der Waals surface area contributed by atoms with Gasteiger partial charge in [0.05, 0.1) is 25.2 Å². The largest absolute Gasteiger partial charge is 0.633 e. The van der Waals surface area contributed by atoms with Crippen molar-refractivity contribution in [1.29, 1.82) is 0 Å². The molecule has 2 heterocycles. The molecule has 4 heteroatoms. The Hall–Kier alpha value is 0.170. The predicted molar refractivity (Wildman–Crippen MR) is 48.9 cm³/mol. The van der Waals surface area contributed by atoms with Crippen LogP contribution >= 0.6 is 12.4 Å². The van der Waals surface area contributed by atoms with Crippen LogP contribution in [-0.4, -0.2) is 35.0 Å². The lowest BCUT2D eigenvalue weighted by molar-refractivity contribution is -0.903. The quantitative estimate of drug-likeness (QED) is 0.462. The van der Waals surface area contributed by atoms with E-state index >= 15 is 0 Å². The number of hydrogen-bond donors (Lipinski definition) is 1. The average molecular weight is 194 g/mol. The van der Waals surface area contributed by atoms with Crippen molar-refractivity contribution in [1.82, 2.24) is 0 Å². The van der Waals surface area contributed by atoms with Crippen LogP contribution in [0.2, 0.25) is 0 Å². The Balaban J connectivity index is 0.000000720. The second kappa shape index (κ2) is 3.14. The fraction of sp³-hybridized carbons (Fsp3) is 1.00. The summed E-state index contributed by atoms with van der Waals surface area (Å²) in [5.41, 5.74) is 0. The Morgan fingerprint density at radius 3 is 2.08 bits per heavy atom. The van der Waals surface area contributed by atoms with Gasteiger partial charge in [-0.05, 0) is 0 Å². The van der Waals surface area contributed by atoms with Crippen molar-refractivity contribution in [3.05, 3.63) is 5.21 Å². The van der Waals surface area contributed by atoms with Crippen LogP contribution in [0.25, 0.3) is 0 Å². The first-order chi connectivity index (χ1) is 5.10. The maximum Gasteiger partial charge on any atom is 0.0914 e. The zero-order valence-corrected chi connectivity index (χ0v) is 8.09. The number of hydroxylamine groups is 3. The van der Waals surface area contributed by atoms with Crippen LogP contribution in [0.5, 0.6) is 0 Å². The van der Waals surface area contributed by atoms with Gasteiger partial charge < -0.3 is 15.0 Å². The molecule has 2 bridgehead atoms. The van der Waals surface area contributed by atoms with Crippen LogP contribution in [0.15, 0.2) is 0 Å². The van der Waals surface area contributed by atoms with E-state index < -0.39 is 0 Å². The Morgan fingerprint density at radius 2 is 1.67 bits per heavy atom. The summed E-state index contributed by atoms with van der Waals surface area (Å²) >= 11 is 0. The molecule has 2 unspecified atom stereocenters. The number of aliphatic hydroxyl groups is 1. The summed E-state index contributed by atoms with van der Waals surface area (Å²) < 4.78 is -0.0862. The molecule has 72 valence electrons. The third kappa shape index (κ3) is 1.35. The van der Waals surface area contributed by atoms with Crippen molar-refractivity contribution in [2.45, 2.75) is 43.9 Å². The third-order valence-corrected chi connectivity index (χ3v) is 3.37. The van der Waals surface area contributed by atoms with Gasteiger partial charge in [0, 0.05) is 25.7 Å². The van der Waals surface area contributed by atoms with E-state index in [1.807, 2.05) is 0 Å². The molecule has 0 aromatic carbocycles. The number of quaternary nitrogens is 1. The molecule has 3 nitrogen and oxygen atoms in total. The number of fused-ring (bicyclic) bond motifs is 2. The van der Waals surface area contributed by atoms with E-state index in [0.717, 1.165) is 25.7 Å². The van der Waals surface area contributed by atoms with Gasteiger partial charge in [-0.25, -0.2) is 0 Å². The van der Waals surface area contributed by atoms with Crippen LogP contribution in [0.1, 0.15) is 25.7 Å². The summed E-state index contributed by atoms with van der Waals surface area (Å²) in [6.45, 7) is 0. The maximum atomic E-state index is 11.8. The fourth-order valence-corrected chi connectivity index (χ4v) is 2.57. The SMILES string of the molecule is C[N+]1([O-])[C@@H]2CC[C@H]1CC(O)C2.Cl. The van der Waals surface area contributed by atoms with Crippen molar-refractivity contribution in [2.75, 3.05) is 7.05 Å². The van der Waals surface area contributed by atoms with Gasteiger partial charge in [-0.3, -0.25) is 0 Å². The van der Waals surface area contributed by atoms with Gasteiger partial charge in [-0.2, -0.15) is 0 Å². The second-order valence-electron chi connectivity index (χ2n) is 4.07. The molecule has 2 rings (SSSR count). The highest BCUT2D eigenvalue weighted by Crippen LogP contribution is 2.39. The van der Waals surface area contributed by atoms with Gasteiger partial charge in [0.1, 0.15) is 0 Å². The minimum absolute atomic E-state index is 0. The summed E-state index contributed by atoms with van der Waals surface area (Å²) in [6, 6.07) is 0.368. The minimum atomic E-state index is -0.201. The summed E-state index contributed by atoms with van der Waals surface area (Å²) in [5.74, 6) is 0. The Labute approximate surface area is 78.9 Å². The van der Waals surface area contributed by atoms with Gasteiger partial charge in [0.15, 0.2) is 0 Å². The van der Waals surface area contributed by atoms with E-state index in [1.165, 1.54) is 0 Å². The van der Waals surface area contributed by atoms with E-state index in [2.05, 4.69) is 0 Å². The molecule has 0 spiro atoms. The van der Waals surface area contributed by atoms with Crippen molar-refractivity contribution < 1.29 is 9.75 Å². The second-order valence-corrected chi connectivity index (χ2v) is 4.07. The van der Waals surface area contributed by atoms with Crippen LogP contribution in [0, 0.1) is 5.21 Å². The Bertz CT molecular complexity index is 158. The summed E-state index contributed by atoms with van der Waals surface area (Å²) in [4.78, 5) is 0. The lowest BCUT2D eigenvalue weighted by atomic mass is 10.0. The number of aliphatic hydroxyl groups excluding tert-OH is 1. The zero-order chi connectivity index (χ0) is 8.06. The summed E-state index contributed by atoms with van der Waals surface area (Å²) in [6.07, 6.45) is 3.27. The van der Waals surface area contributed by atoms with Crippen molar-refractivity contribution in [2.24, 2.45) is 0 Å². The maximum absolute atomic E-state index is 11.8. The fourth-order valence-electron chi connectivity index (χ4n) is 2.57. The number of hydrogen-bond acceptors (Lipinski definition) is 2. The lowest BCUT2D eigenvalue weighted by Crippen LogP contribution is -2.54. The number of halogens is 1. The number of rotatable bonds is 0. The summed E-state index contributed by atoms with van der Waals surface area (Å²) in [7, 11) is 1.76. The Morgan fingerprint density at radius 1 is 1.25 bits per heavy atom. The molecule has 0 aromatic rings. The monoisotopic (exact) mass is 193 g/mol. The highest BCUT2D eigenvalue weighted by molar-refractivity contribution is 5.85. The van der Waals surface area contributed by atoms with E-state index in [0.29, 0.717) is 0 Å². The smallest absolute Gasteiger partial charge is 0.0914 e. The minimum Gasteiger partial charge on any atom is -0.633 e. The van der Waals surface area contributed by atoms with Crippen LogP contribution < -0.4 is 0 Å². The molecule has 2 saturated heterocycles. The standard InChI is InChI=1S/C8H15NO2.ClH/c1-9(11)6-2-3-7(9)5-8(10)4-6;/h6-8,10H,2-5H2,1H3;1H/t6-,7+,8?,9?;. The van der Waals surface area contributed by atoms with Gasteiger partial charge >= 0.3 is 0 Å². The normalized spacial score (nSPS) is 51.8. The summed E-state index contributed by atoms with van der Waals surface area (Å²) in [5, 5.41) is 21.2. The molecule has 0 amide bonds. The van der Waals surface area contributed by atoms with Crippen LogP contribution in [0.4, 0.5) is 0 Å². The molecule has 2 fully saturated rings. The Kier molecular flexibility index (Phi) is 2.69. The van der Waals surface area contributed by atoms with Crippen LogP contribution in [-0.2, 0) is 0 Å². The van der Waals surface area contributed by atoms with E-state index in [-0.39, 0.29) is 35.2 Å². The van der Waals surface area contributed by atoms with Gasteiger partial charge in [0.2, 0.25) is 0 Å². The van der Waals surface area contributed by atoms with Crippen molar-refractivity contribution >= 4 is 12.4 Å². The predicted octanol–water partition coefficient (Wildman–Crippen LogP) is 1.04. The van der Waals surface area contributed by atoms with Gasteiger partial charge in [-0.1, -0.05) is 0 Å². The van der Waals surface area contributed by atoms with Crippen LogP contribution in [0.3, 0.4) is 0 Å². The third-order valence-electron chi connectivity index (χ3n) is 3.37. The van der Waals surface area contributed by atoms with E-state index in [9.17, 15) is 10.3 Å². The number of piperidine rings is 1. The van der Waals surface area contributed by atoms with E-state index in [1.54, 1.807) is 7.05 Å². The molecule has 0 aliphatic carbocycles. The average Bonchev–Trinajstić information content (AvgIpc) is 2.19. The highest BCUT2D eigenvalue weighted by Gasteiger charge is 2.45. The molecular formula is C8H16ClNO2. The molecular weight excluding hydrogens is 178 g/mol. The van der Waals surface area contributed by atoms with E-state index in [4.69, 9.17) is 0 Å². The van der Waals surface area contributed by atoms with Crippen molar-refractivity contribution in [3.63, 3.8) is 0 Å². The first-order valence-corrected chi connectivity index (χ1v) is 4.35. The molecule has 12 heavy (non-hydrogen) atoms. The molecule has 2 aliphatic heterocycles. The molecule has 0 radical (unpaired) electrons. The van der Waals surface area contributed by atoms with Gasteiger partial charge in [0.25, 0.3) is 0 Å². The first-order valence-electron chi connectivity index (χ1n) is 4.35. The topological polar surface area (TPSA) is 43.3 Å². The highest BCUT2D eigenvalue weighted by atomic mass is 35.5. The molecule has 0 aromatic heterocycles. The van der Waals surface area contributed by atoms with Gasteiger partial charge in [-0.15, -0.1) is 12.4 Å². The molecule has 4 atom stereocenters. The zero-order valence-electron chi connectivity index (χ0n) is 7.27. The molecule has 0 saturated carbocycles. The molecule has 2 aliphatic rings. The first kappa shape index (κ1) is 10.3. The molecule has 1 N–H and O–H groups in total.